The van der Waals surface area contributed by atoms with Crippen LogP contribution in [0.5, 0.6) is 5.88 Å². The molecule has 1 spiro atoms. The number of imidazole rings is 1. The zero-order valence-electron chi connectivity index (χ0n) is 22.8. The SMILES string of the molecule is N#CCC1(Cn2c(N3CC4(CN(c5cccc(OCc6ccc(Cl)cc6Cl)n5)C4)C3)nc3ccc(C(=O)O)cc32)CC1. The molecule has 7 rings (SSSR count). The van der Waals surface area contributed by atoms with Gasteiger partial charge in [-0.1, -0.05) is 35.3 Å². The third kappa shape index (κ3) is 4.89. The number of carboxylic acid groups (broad SMARTS) is 1. The van der Waals surface area contributed by atoms with Gasteiger partial charge in [-0.25, -0.2) is 9.78 Å². The van der Waals surface area contributed by atoms with Crippen molar-refractivity contribution in [3.8, 4) is 11.9 Å². The van der Waals surface area contributed by atoms with Crippen LogP contribution in [0, 0.1) is 22.2 Å². The Morgan fingerprint density at radius 2 is 1.81 bits per heavy atom. The summed E-state index contributed by atoms with van der Waals surface area (Å²) in [6, 6.07) is 18.6. The Balaban J connectivity index is 1.04. The molecule has 1 saturated carbocycles. The second-order valence-corrected chi connectivity index (χ2v) is 12.8. The van der Waals surface area contributed by atoms with Crippen molar-refractivity contribution in [2.24, 2.45) is 10.8 Å². The van der Waals surface area contributed by atoms with Crippen molar-refractivity contribution >= 4 is 52.0 Å². The Bertz CT molecular complexity index is 1750. The molecule has 0 bridgehead atoms. The van der Waals surface area contributed by atoms with Gasteiger partial charge in [-0.2, -0.15) is 10.2 Å². The second kappa shape index (κ2) is 10.1. The molecule has 0 radical (unpaired) electrons. The Morgan fingerprint density at radius 1 is 1.02 bits per heavy atom. The maximum absolute atomic E-state index is 11.7. The number of nitriles is 1. The van der Waals surface area contributed by atoms with Gasteiger partial charge in [-0.05, 0) is 49.2 Å². The van der Waals surface area contributed by atoms with Gasteiger partial charge in [0, 0.05) is 71.6 Å². The number of benzene rings is 2. The Hall–Kier alpha value is -4.00. The van der Waals surface area contributed by atoms with E-state index in [1.165, 1.54) is 0 Å². The molecule has 2 aromatic heterocycles. The normalized spacial score (nSPS) is 17.9. The molecule has 2 saturated heterocycles. The van der Waals surface area contributed by atoms with Gasteiger partial charge in [0.1, 0.15) is 12.4 Å². The van der Waals surface area contributed by atoms with Crippen LogP contribution in [0.3, 0.4) is 0 Å². The van der Waals surface area contributed by atoms with Gasteiger partial charge in [0.25, 0.3) is 0 Å². The van der Waals surface area contributed by atoms with Crippen molar-refractivity contribution in [3.63, 3.8) is 0 Å². The van der Waals surface area contributed by atoms with Crippen LogP contribution in [-0.2, 0) is 13.2 Å². The Morgan fingerprint density at radius 3 is 2.52 bits per heavy atom. The fraction of sp³-hybridized carbons (Fsp3) is 0.355. The number of carbonyl (C=O) groups is 1. The summed E-state index contributed by atoms with van der Waals surface area (Å²) < 4.78 is 8.07. The van der Waals surface area contributed by atoms with Crippen LogP contribution in [0.2, 0.25) is 10.0 Å². The molecule has 0 atom stereocenters. The molecule has 11 heteroatoms. The molecule has 4 aromatic rings. The van der Waals surface area contributed by atoms with Crippen LogP contribution in [0.4, 0.5) is 11.8 Å². The van der Waals surface area contributed by atoms with Crippen LogP contribution in [-0.4, -0.2) is 51.8 Å². The highest BCUT2D eigenvalue weighted by atomic mass is 35.5. The Kier molecular flexibility index (Phi) is 6.44. The maximum atomic E-state index is 11.7. The summed E-state index contributed by atoms with van der Waals surface area (Å²) >= 11 is 12.3. The molecular formula is C31H28Cl2N6O3. The summed E-state index contributed by atoms with van der Waals surface area (Å²) in [4.78, 5) is 25.9. The van der Waals surface area contributed by atoms with E-state index < -0.39 is 5.97 Å². The minimum atomic E-state index is -0.960. The fourth-order valence-electron chi connectivity index (χ4n) is 6.19. The molecule has 2 aromatic carbocycles. The van der Waals surface area contributed by atoms with Crippen molar-refractivity contribution in [3.05, 3.63) is 75.8 Å². The van der Waals surface area contributed by atoms with Crippen molar-refractivity contribution in [1.82, 2.24) is 14.5 Å². The number of hydrogen-bond acceptors (Lipinski definition) is 7. The standard InChI is InChI=1S/C31H28Cl2N6O3/c32-22-6-4-21(23(33)13-22)14-42-27-3-1-2-26(36-27)37-15-31(16-37)17-38(18-31)29-35-24-7-5-20(28(40)41)12-25(24)39(29)19-30(8-9-30)10-11-34/h1-7,12-13H,8-10,14-19H2,(H,40,41). The van der Waals surface area contributed by atoms with Gasteiger partial charge in [0.15, 0.2) is 0 Å². The lowest BCUT2D eigenvalue weighted by molar-refractivity contribution is 0.0697. The first-order valence-corrected chi connectivity index (χ1v) is 14.7. The van der Waals surface area contributed by atoms with Crippen LogP contribution in [0.1, 0.15) is 35.2 Å². The zero-order valence-corrected chi connectivity index (χ0v) is 24.3. The lowest BCUT2D eigenvalue weighted by Crippen LogP contribution is -2.73. The molecule has 214 valence electrons. The van der Waals surface area contributed by atoms with Crippen LogP contribution in [0.25, 0.3) is 11.0 Å². The average Bonchev–Trinajstić information content (AvgIpc) is 3.59. The number of anilines is 2. The van der Waals surface area contributed by atoms with E-state index in [0.29, 0.717) is 35.5 Å². The molecule has 0 amide bonds. The third-order valence-corrected chi connectivity index (χ3v) is 9.28. The van der Waals surface area contributed by atoms with E-state index in [9.17, 15) is 15.2 Å². The lowest BCUT2D eigenvalue weighted by atomic mass is 9.73. The van der Waals surface area contributed by atoms with Crippen molar-refractivity contribution in [2.75, 3.05) is 36.0 Å². The molecular weight excluding hydrogens is 575 g/mol. The summed E-state index contributed by atoms with van der Waals surface area (Å²) in [7, 11) is 0. The van der Waals surface area contributed by atoms with E-state index in [0.717, 1.165) is 67.4 Å². The van der Waals surface area contributed by atoms with E-state index in [1.54, 1.807) is 30.3 Å². The first-order valence-electron chi connectivity index (χ1n) is 13.9. The van der Waals surface area contributed by atoms with Gasteiger partial charge in [0.2, 0.25) is 11.8 Å². The largest absolute Gasteiger partial charge is 0.478 e. The molecule has 1 aliphatic carbocycles. The number of pyridine rings is 1. The number of aromatic carboxylic acids is 1. The number of rotatable bonds is 9. The summed E-state index contributed by atoms with van der Waals surface area (Å²) in [5.41, 5.74) is 2.77. The molecule has 1 N–H and O–H groups in total. The number of aromatic nitrogens is 3. The minimum absolute atomic E-state index is 0.0518. The van der Waals surface area contributed by atoms with Gasteiger partial charge in [-0.3, -0.25) is 0 Å². The smallest absolute Gasteiger partial charge is 0.335 e. The lowest BCUT2D eigenvalue weighted by Gasteiger charge is -2.60. The maximum Gasteiger partial charge on any atom is 0.335 e. The topological polar surface area (TPSA) is 108 Å². The molecule has 42 heavy (non-hydrogen) atoms. The Labute approximate surface area is 252 Å². The molecule has 2 aliphatic heterocycles. The highest BCUT2D eigenvalue weighted by Gasteiger charge is 2.53. The quantitative estimate of drug-likeness (QED) is 0.247. The van der Waals surface area contributed by atoms with Gasteiger partial charge >= 0.3 is 5.97 Å². The third-order valence-electron chi connectivity index (χ3n) is 8.69. The van der Waals surface area contributed by atoms with Crippen molar-refractivity contribution in [2.45, 2.75) is 32.4 Å². The highest BCUT2D eigenvalue weighted by Crippen LogP contribution is 2.52. The van der Waals surface area contributed by atoms with E-state index in [-0.39, 0.29) is 16.4 Å². The predicted octanol–water partition coefficient (Wildman–Crippen LogP) is 6.04. The number of carboxylic acids is 1. The first kappa shape index (κ1) is 26.9. The molecule has 3 fully saturated rings. The number of nitrogens with zero attached hydrogens (tertiary/aromatic N) is 6. The van der Waals surface area contributed by atoms with E-state index >= 15 is 0 Å². The summed E-state index contributed by atoms with van der Waals surface area (Å²) in [5.74, 6) is 1.31. The summed E-state index contributed by atoms with van der Waals surface area (Å²) in [6.07, 6.45) is 2.49. The second-order valence-electron chi connectivity index (χ2n) is 11.9. The van der Waals surface area contributed by atoms with Crippen LogP contribution in [0.15, 0.2) is 54.6 Å². The van der Waals surface area contributed by atoms with Crippen LogP contribution >= 0.6 is 23.2 Å². The predicted molar refractivity (Wildman–Crippen MR) is 160 cm³/mol. The van der Waals surface area contributed by atoms with Gasteiger partial charge in [0.05, 0.1) is 22.7 Å². The number of ether oxygens (including phenoxy) is 1. The number of hydrogen-bond donors (Lipinski definition) is 1. The van der Waals surface area contributed by atoms with Crippen molar-refractivity contribution < 1.29 is 14.6 Å². The molecule has 0 unspecified atom stereocenters. The minimum Gasteiger partial charge on any atom is -0.478 e. The zero-order chi connectivity index (χ0) is 29.1. The monoisotopic (exact) mass is 602 g/mol. The van der Waals surface area contributed by atoms with E-state index in [4.69, 9.17) is 37.9 Å². The first-order chi connectivity index (χ1) is 20.3. The number of halogens is 2. The van der Waals surface area contributed by atoms with Gasteiger partial charge in [-0.15, -0.1) is 0 Å². The van der Waals surface area contributed by atoms with Gasteiger partial charge < -0.3 is 24.2 Å². The fourth-order valence-corrected chi connectivity index (χ4v) is 6.66. The molecule has 3 aliphatic rings. The van der Waals surface area contributed by atoms with Crippen LogP contribution < -0.4 is 14.5 Å². The summed E-state index contributed by atoms with van der Waals surface area (Å²) in [6.45, 7) is 4.44. The summed E-state index contributed by atoms with van der Waals surface area (Å²) in [5, 5.41) is 20.1. The average molecular weight is 604 g/mol. The number of fused-ring (bicyclic) bond motifs is 1. The van der Waals surface area contributed by atoms with E-state index in [1.807, 2.05) is 24.3 Å². The highest BCUT2D eigenvalue weighted by molar-refractivity contribution is 6.35. The van der Waals surface area contributed by atoms with E-state index in [2.05, 4.69) is 20.4 Å². The van der Waals surface area contributed by atoms with Crippen molar-refractivity contribution in [1.29, 1.82) is 5.26 Å². The molecule has 9 nitrogen and oxygen atoms in total. The molecule has 4 heterocycles.